The molecule has 4 heteroatoms. The molecular formula is C54H51NSi3. The van der Waals surface area contributed by atoms with Crippen molar-refractivity contribution >= 4 is 87.7 Å². The van der Waals surface area contributed by atoms with Gasteiger partial charge < -0.3 is 4.23 Å². The molecule has 9 rings (SSSR count). The molecule has 58 heavy (non-hydrogen) atoms. The van der Waals surface area contributed by atoms with Gasteiger partial charge in [-0.25, -0.2) is 0 Å². The number of hydrogen-bond acceptors (Lipinski definition) is 0. The van der Waals surface area contributed by atoms with Crippen molar-refractivity contribution in [3.05, 3.63) is 218 Å². The van der Waals surface area contributed by atoms with E-state index in [1.54, 1.807) is 0 Å². The number of fused-ring (bicyclic) bond motifs is 3. The zero-order valence-corrected chi connectivity index (χ0v) is 36.9. The lowest BCUT2D eigenvalue weighted by atomic mass is 10.1. The Balaban J connectivity index is 1.44. The van der Waals surface area contributed by atoms with Gasteiger partial charge in [0.05, 0.1) is 0 Å². The molecule has 0 aliphatic carbocycles. The highest BCUT2D eigenvalue weighted by Crippen LogP contribution is 2.36. The smallest absolute Gasteiger partial charge is 0.179 e. The van der Waals surface area contributed by atoms with Crippen LogP contribution in [0.4, 0.5) is 0 Å². The second-order valence-corrected chi connectivity index (χ2v) is 28.4. The summed E-state index contributed by atoms with van der Waals surface area (Å²) >= 11 is 0. The maximum atomic E-state index is 2.87. The topological polar surface area (TPSA) is 4.93 Å². The van der Waals surface area contributed by atoms with E-state index < -0.39 is 24.4 Å². The van der Waals surface area contributed by atoms with Gasteiger partial charge >= 0.3 is 0 Å². The van der Waals surface area contributed by atoms with Crippen LogP contribution < -0.4 is 41.5 Å². The summed E-state index contributed by atoms with van der Waals surface area (Å²) in [6, 6.07) is 87.1. The van der Waals surface area contributed by atoms with Gasteiger partial charge in [0.15, 0.2) is 24.4 Å². The Labute approximate surface area is 347 Å². The Hall–Kier alpha value is -5.79. The molecule has 0 fully saturated rings. The van der Waals surface area contributed by atoms with E-state index >= 15 is 0 Å². The molecule has 1 heterocycles. The van der Waals surface area contributed by atoms with Crippen LogP contribution in [0.15, 0.2) is 218 Å². The molecule has 0 spiro atoms. The SMILES string of the molecule is CC[Si](CC)(CC)n1c2ccc([Si](c3ccccc3)(c3ccccc3)c3ccccc3)cc2c2cc([Si](c3ccccc3)(c3ccccc3)c3ccccc3)ccc21. The van der Waals surface area contributed by atoms with E-state index in [2.05, 4.69) is 243 Å². The lowest BCUT2D eigenvalue weighted by Gasteiger charge is -2.35. The summed E-state index contributed by atoms with van der Waals surface area (Å²) in [7, 11) is -7.47. The van der Waals surface area contributed by atoms with Crippen molar-refractivity contribution in [2.24, 2.45) is 0 Å². The van der Waals surface area contributed by atoms with Crippen LogP contribution in [0.1, 0.15) is 20.8 Å². The van der Waals surface area contributed by atoms with Gasteiger partial charge in [-0.05, 0) is 71.8 Å². The van der Waals surface area contributed by atoms with E-state index in [1.807, 2.05) is 0 Å². The van der Waals surface area contributed by atoms with Crippen LogP contribution in [0, 0.1) is 0 Å². The van der Waals surface area contributed by atoms with Crippen molar-refractivity contribution in [2.75, 3.05) is 0 Å². The average molecular weight is 798 g/mol. The fourth-order valence-electron chi connectivity index (χ4n) is 10.4. The molecule has 0 atom stereocenters. The number of aromatic nitrogens is 1. The molecule has 0 N–H and O–H groups in total. The third-order valence-electron chi connectivity index (χ3n) is 13.3. The van der Waals surface area contributed by atoms with Crippen molar-refractivity contribution in [1.82, 2.24) is 4.23 Å². The van der Waals surface area contributed by atoms with Gasteiger partial charge in [-0.3, -0.25) is 0 Å². The minimum absolute atomic E-state index is 1.20. The van der Waals surface area contributed by atoms with Crippen LogP contribution >= 0.6 is 0 Å². The van der Waals surface area contributed by atoms with E-state index in [0.717, 1.165) is 0 Å². The molecule has 1 aromatic heterocycles. The fourth-order valence-corrected chi connectivity index (χ4v) is 23.8. The van der Waals surface area contributed by atoms with Crippen molar-refractivity contribution in [1.29, 1.82) is 0 Å². The molecule has 8 aromatic carbocycles. The average Bonchev–Trinajstić information content (AvgIpc) is 3.64. The molecule has 284 valence electrons. The predicted octanol–water partition coefficient (Wildman–Crippen LogP) is 8.40. The van der Waals surface area contributed by atoms with Gasteiger partial charge in [0.1, 0.15) is 0 Å². The maximum absolute atomic E-state index is 2.87. The Morgan fingerprint density at radius 2 is 0.534 bits per heavy atom. The molecule has 0 aliphatic rings. The monoisotopic (exact) mass is 797 g/mol. The van der Waals surface area contributed by atoms with Gasteiger partial charge in [0.25, 0.3) is 0 Å². The van der Waals surface area contributed by atoms with Crippen molar-refractivity contribution in [2.45, 2.75) is 38.9 Å². The van der Waals surface area contributed by atoms with Crippen LogP contribution in [0.2, 0.25) is 18.1 Å². The number of rotatable bonds is 12. The van der Waals surface area contributed by atoms with Gasteiger partial charge in [-0.1, -0.05) is 227 Å². The predicted molar refractivity (Wildman–Crippen MR) is 259 cm³/mol. The van der Waals surface area contributed by atoms with Crippen LogP contribution in [0.3, 0.4) is 0 Å². The Morgan fingerprint density at radius 3 is 0.759 bits per heavy atom. The number of hydrogen-bond donors (Lipinski definition) is 0. The Morgan fingerprint density at radius 1 is 0.293 bits per heavy atom. The quantitative estimate of drug-likeness (QED) is 0.0866. The normalized spacial score (nSPS) is 12.3. The van der Waals surface area contributed by atoms with Crippen molar-refractivity contribution in [3.8, 4) is 0 Å². The summed E-state index contributed by atoms with van der Waals surface area (Å²) in [5, 5.41) is 14.0. The summed E-state index contributed by atoms with van der Waals surface area (Å²) in [6.07, 6.45) is 0. The minimum Gasteiger partial charge on any atom is -0.368 e. The first-order valence-electron chi connectivity index (χ1n) is 21.0. The Bertz CT molecular complexity index is 2380. The molecule has 9 aromatic rings. The summed E-state index contributed by atoms with van der Waals surface area (Å²) in [5.74, 6) is 0. The fraction of sp³-hybridized carbons (Fsp3) is 0.111. The standard InChI is InChI=1S/C54H51NSi3/c1-4-56(5-2,6-3)55-53-39-37-49(57(43-25-13-7-14-26-43,44-27-15-8-16-28-44)45-29-17-9-18-30-45)41-51(53)52-42-50(38-40-54(52)55)58(46-31-19-10-20-32-46,47-33-21-11-22-34-47)48-35-23-12-24-36-48/h7-42H,4-6H2,1-3H3. The van der Waals surface area contributed by atoms with E-state index in [4.69, 9.17) is 0 Å². The minimum atomic E-state index is -2.76. The molecule has 0 saturated carbocycles. The second-order valence-electron chi connectivity index (χ2n) is 15.8. The van der Waals surface area contributed by atoms with E-state index in [1.165, 1.54) is 81.4 Å². The van der Waals surface area contributed by atoms with Crippen LogP contribution in [0.5, 0.6) is 0 Å². The third kappa shape index (κ3) is 5.93. The highest BCUT2D eigenvalue weighted by molar-refractivity contribution is 7.20. The second kappa shape index (κ2) is 15.9. The third-order valence-corrected chi connectivity index (χ3v) is 28.2. The van der Waals surface area contributed by atoms with E-state index in [-0.39, 0.29) is 0 Å². The van der Waals surface area contributed by atoms with Gasteiger partial charge in [-0.2, -0.15) is 0 Å². The van der Waals surface area contributed by atoms with Gasteiger partial charge in [0, 0.05) is 21.8 Å². The van der Waals surface area contributed by atoms with Crippen LogP contribution in [-0.2, 0) is 0 Å². The van der Waals surface area contributed by atoms with E-state index in [9.17, 15) is 0 Å². The summed E-state index contributed by atoms with van der Waals surface area (Å²) < 4.78 is 2.87. The highest BCUT2D eigenvalue weighted by Gasteiger charge is 2.44. The largest absolute Gasteiger partial charge is 0.368 e. The van der Waals surface area contributed by atoms with Gasteiger partial charge in [0.2, 0.25) is 0 Å². The lowest BCUT2D eigenvalue weighted by molar-refractivity contribution is 1.06. The molecule has 1 nitrogen and oxygen atoms in total. The summed E-state index contributed by atoms with van der Waals surface area (Å²) in [5.41, 5.74) is 2.77. The molecule has 0 radical (unpaired) electrons. The van der Waals surface area contributed by atoms with Crippen LogP contribution in [0.25, 0.3) is 21.8 Å². The first-order valence-corrected chi connectivity index (χ1v) is 27.6. The zero-order chi connectivity index (χ0) is 39.6. The van der Waals surface area contributed by atoms with Crippen molar-refractivity contribution < 1.29 is 0 Å². The molecule has 0 bridgehead atoms. The lowest BCUT2D eigenvalue weighted by Crippen LogP contribution is -2.74. The zero-order valence-electron chi connectivity index (χ0n) is 33.9. The Kier molecular flexibility index (Phi) is 10.3. The first kappa shape index (κ1) is 37.8. The molecule has 0 unspecified atom stereocenters. The molecule has 0 amide bonds. The van der Waals surface area contributed by atoms with Crippen LogP contribution in [-0.4, -0.2) is 28.6 Å². The van der Waals surface area contributed by atoms with Gasteiger partial charge in [-0.15, -0.1) is 0 Å². The maximum Gasteiger partial charge on any atom is 0.179 e. The molecular weight excluding hydrogens is 747 g/mol. The first-order chi connectivity index (χ1) is 28.6. The van der Waals surface area contributed by atoms with E-state index in [0.29, 0.717) is 0 Å². The molecule has 0 aliphatic heterocycles. The van der Waals surface area contributed by atoms with Crippen molar-refractivity contribution in [3.63, 3.8) is 0 Å². The highest BCUT2D eigenvalue weighted by atomic mass is 28.3. The number of nitrogens with zero attached hydrogens (tertiary/aromatic N) is 1. The summed E-state index contributed by atoms with van der Waals surface area (Å²) in [4.78, 5) is 0. The molecule has 0 saturated heterocycles. The number of benzene rings is 8. The summed E-state index contributed by atoms with van der Waals surface area (Å²) in [6.45, 7) is 7.32.